The minimum Gasteiger partial charge on any atom is -0.336 e. The van der Waals surface area contributed by atoms with Crippen molar-refractivity contribution in [3.63, 3.8) is 0 Å². The van der Waals surface area contributed by atoms with Gasteiger partial charge in [-0.15, -0.1) is 0 Å². The maximum Gasteiger partial charge on any atom is 0.316 e. The highest BCUT2D eigenvalue weighted by Crippen LogP contribution is 2.24. The number of hydrogen-bond acceptors (Lipinski definition) is 3. The van der Waals surface area contributed by atoms with Crippen LogP contribution in [-0.2, 0) is 16.0 Å². The van der Waals surface area contributed by atoms with Gasteiger partial charge < -0.3 is 15.5 Å². The maximum absolute atomic E-state index is 12.1. The Kier molecular flexibility index (Phi) is 4.74. The predicted molar refractivity (Wildman–Crippen MR) is 78.4 cm³/mol. The summed E-state index contributed by atoms with van der Waals surface area (Å²) < 4.78 is 0. The first kappa shape index (κ1) is 14.5. The maximum atomic E-state index is 12.1. The van der Waals surface area contributed by atoms with Crippen molar-refractivity contribution in [2.75, 3.05) is 31.6 Å². The van der Waals surface area contributed by atoms with Crippen LogP contribution in [0.4, 0.5) is 5.69 Å². The van der Waals surface area contributed by atoms with Crippen LogP contribution in [0.25, 0.3) is 0 Å². The fourth-order valence-electron chi connectivity index (χ4n) is 2.41. The first-order chi connectivity index (χ1) is 9.65. The molecule has 1 aliphatic heterocycles. The smallest absolute Gasteiger partial charge is 0.316 e. The normalized spacial score (nSPS) is 15.9. The van der Waals surface area contributed by atoms with Crippen molar-refractivity contribution in [3.05, 3.63) is 29.8 Å². The van der Waals surface area contributed by atoms with E-state index in [1.165, 1.54) is 4.90 Å². The largest absolute Gasteiger partial charge is 0.336 e. The van der Waals surface area contributed by atoms with Gasteiger partial charge in [0.15, 0.2) is 0 Å². The fourth-order valence-corrected chi connectivity index (χ4v) is 2.41. The summed E-state index contributed by atoms with van der Waals surface area (Å²) in [6.45, 7) is 1.80. The summed E-state index contributed by atoms with van der Waals surface area (Å²) in [6.07, 6.45) is 2.83. The molecule has 0 aliphatic carbocycles. The molecule has 20 heavy (non-hydrogen) atoms. The molecule has 2 amide bonds. The molecule has 0 radical (unpaired) electrons. The molecule has 5 heteroatoms. The average Bonchev–Trinajstić information content (AvgIpc) is 2.46. The Labute approximate surface area is 119 Å². The van der Waals surface area contributed by atoms with Crippen molar-refractivity contribution in [1.29, 1.82) is 0 Å². The molecule has 1 fully saturated rings. The lowest BCUT2D eigenvalue weighted by Gasteiger charge is -2.32. The van der Waals surface area contributed by atoms with E-state index in [-0.39, 0.29) is 0 Å². The molecule has 108 valence electrons. The molecule has 0 bridgehead atoms. The second kappa shape index (κ2) is 6.52. The Morgan fingerprint density at radius 1 is 1.10 bits per heavy atom. The lowest BCUT2D eigenvalue weighted by atomic mass is 10.0. The van der Waals surface area contributed by atoms with Gasteiger partial charge in [0.1, 0.15) is 0 Å². The van der Waals surface area contributed by atoms with Gasteiger partial charge in [0.05, 0.1) is 0 Å². The molecular weight excluding hydrogens is 254 g/mol. The van der Waals surface area contributed by atoms with Gasteiger partial charge in [-0.2, -0.15) is 0 Å². The van der Waals surface area contributed by atoms with Gasteiger partial charge in [0.2, 0.25) is 0 Å². The van der Waals surface area contributed by atoms with Gasteiger partial charge >= 0.3 is 11.8 Å². The van der Waals surface area contributed by atoms with Gasteiger partial charge in [-0.05, 0) is 37.4 Å². The highest BCUT2D eigenvalue weighted by atomic mass is 16.2. The molecule has 0 spiro atoms. The number of carbonyl (C=O) groups is 2. The van der Waals surface area contributed by atoms with Crippen molar-refractivity contribution in [2.24, 2.45) is 5.73 Å². The number of para-hydroxylation sites is 1. The molecule has 0 atom stereocenters. The number of benzene rings is 1. The molecule has 2 N–H and O–H groups in total. The molecule has 2 rings (SSSR count). The van der Waals surface area contributed by atoms with E-state index in [0.717, 1.165) is 30.5 Å². The number of aryl methyl sites for hydroxylation is 1. The minimum absolute atomic E-state index is 0.437. The number of likely N-dealkylation sites (N-methyl/N-ethyl adjacent to an activating group) is 1. The van der Waals surface area contributed by atoms with Crippen LogP contribution in [-0.4, -0.2) is 43.4 Å². The van der Waals surface area contributed by atoms with Crippen LogP contribution in [0, 0.1) is 0 Å². The summed E-state index contributed by atoms with van der Waals surface area (Å²) >= 11 is 0. The van der Waals surface area contributed by atoms with Crippen molar-refractivity contribution >= 4 is 17.5 Å². The highest BCUT2D eigenvalue weighted by molar-refractivity contribution is 6.41. The lowest BCUT2D eigenvalue weighted by molar-refractivity contribution is -0.145. The van der Waals surface area contributed by atoms with Gasteiger partial charge in [-0.25, -0.2) is 0 Å². The van der Waals surface area contributed by atoms with E-state index in [2.05, 4.69) is 0 Å². The summed E-state index contributed by atoms with van der Waals surface area (Å²) in [5, 5.41) is 0. The van der Waals surface area contributed by atoms with E-state index in [0.29, 0.717) is 19.6 Å². The number of rotatable bonds is 5. The van der Waals surface area contributed by atoms with Crippen LogP contribution in [0.3, 0.4) is 0 Å². The second-order valence-electron chi connectivity index (χ2n) is 5.06. The topological polar surface area (TPSA) is 66.6 Å². The van der Waals surface area contributed by atoms with Gasteiger partial charge in [-0.1, -0.05) is 18.2 Å². The zero-order valence-electron chi connectivity index (χ0n) is 11.8. The number of nitrogens with two attached hydrogens (primary N) is 1. The Balaban J connectivity index is 2.19. The molecule has 1 aromatic rings. The minimum atomic E-state index is -0.440. The monoisotopic (exact) mass is 275 g/mol. The van der Waals surface area contributed by atoms with E-state index < -0.39 is 11.8 Å². The number of unbranched alkanes of at least 4 members (excludes halogenated alkanes) is 1. The third-order valence-corrected chi connectivity index (χ3v) is 3.62. The van der Waals surface area contributed by atoms with Gasteiger partial charge in [0.25, 0.3) is 0 Å². The number of nitrogens with zero attached hydrogens (tertiary/aromatic N) is 2. The first-order valence-electron chi connectivity index (χ1n) is 7.00. The number of carbonyl (C=O) groups excluding carboxylic acids is 2. The lowest BCUT2D eigenvalue weighted by Crippen LogP contribution is -2.53. The van der Waals surface area contributed by atoms with E-state index in [1.54, 1.807) is 11.9 Å². The summed E-state index contributed by atoms with van der Waals surface area (Å²) in [4.78, 5) is 27.0. The number of hydrogen-bond donors (Lipinski definition) is 1. The Bertz CT molecular complexity index is 502. The van der Waals surface area contributed by atoms with Crippen LogP contribution in [0.5, 0.6) is 0 Å². The molecule has 1 saturated heterocycles. The van der Waals surface area contributed by atoms with Crippen molar-refractivity contribution in [1.82, 2.24) is 4.90 Å². The second-order valence-corrected chi connectivity index (χ2v) is 5.06. The number of anilines is 1. The molecule has 0 aromatic heterocycles. The van der Waals surface area contributed by atoms with E-state index >= 15 is 0 Å². The number of piperazine rings is 1. The molecule has 1 aromatic carbocycles. The summed E-state index contributed by atoms with van der Waals surface area (Å²) in [7, 11) is 1.66. The van der Waals surface area contributed by atoms with E-state index in [1.807, 2.05) is 24.3 Å². The average molecular weight is 275 g/mol. The van der Waals surface area contributed by atoms with Crippen molar-refractivity contribution in [2.45, 2.75) is 19.3 Å². The first-order valence-corrected chi connectivity index (χ1v) is 7.00. The third-order valence-electron chi connectivity index (χ3n) is 3.62. The van der Waals surface area contributed by atoms with Crippen LogP contribution < -0.4 is 10.6 Å². The van der Waals surface area contributed by atoms with E-state index in [4.69, 9.17) is 5.73 Å². The summed E-state index contributed by atoms with van der Waals surface area (Å²) in [5.74, 6) is -0.877. The standard InChI is InChI=1S/C15H21N3O2/c1-17-10-11-18(15(20)14(17)19)13-8-3-2-6-12(13)7-4-5-9-16/h2-3,6,8H,4-5,7,9-11,16H2,1H3. The van der Waals surface area contributed by atoms with Crippen LogP contribution in [0.15, 0.2) is 24.3 Å². The number of amides is 2. The summed E-state index contributed by atoms with van der Waals surface area (Å²) in [5.41, 5.74) is 7.48. The third kappa shape index (κ3) is 2.99. The predicted octanol–water partition coefficient (Wildman–Crippen LogP) is 0.773. The Morgan fingerprint density at radius 3 is 2.60 bits per heavy atom. The molecular formula is C15H21N3O2. The highest BCUT2D eigenvalue weighted by Gasteiger charge is 2.31. The zero-order valence-corrected chi connectivity index (χ0v) is 11.8. The van der Waals surface area contributed by atoms with Gasteiger partial charge in [0, 0.05) is 25.8 Å². The van der Waals surface area contributed by atoms with Crippen LogP contribution in [0.1, 0.15) is 18.4 Å². The molecule has 0 unspecified atom stereocenters. The van der Waals surface area contributed by atoms with Crippen molar-refractivity contribution < 1.29 is 9.59 Å². The van der Waals surface area contributed by atoms with E-state index in [9.17, 15) is 9.59 Å². The fraction of sp³-hybridized carbons (Fsp3) is 0.467. The van der Waals surface area contributed by atoms with Crippen molar-refractivity contribution in [3.8, 4) is 0 Å². The summed E-state index contributed by atoms with van der Waals surface area (Å²) in [6, 6.07) is 7.79. The molecule has 0 saturated carbocycles. The SMILES string of the molecule is CN1CCN(c2ccccc2CCCCN)C(=O)C1=O. The molecule has 1 aliphatic rings. The van der Waals surface area contributed by atoms with Gasteiger partial charge in [-0.3, -0.25) is 9.59 Å². The Morgan fingerprint density at radius 2 is 1.85 bits per heavy atom. The zero-order chi connectivity index (χ0) is 14.5. The van der Waals surface area contributed by atoms with Crippen LogP contribution >= 0.6 is 0 Å². The molecule has 5 nitrogen and oxygen atoms in total. The quantitative estimate of drug-likeness (QED) is 0.637. The molecule has 1 heterocycles. The Hall–Kier alpha value is -1.88. The van der Waals surface area contributed by atoms with Crippen LogP contribution in [0.2, 0.25) is 0 Å².